The molecule has 2 aromatic rings. The molecule has 0 aliphatic heterocycles. The van der Waals surface area contributed by atoms with Gasteiger partial charge in [-0.05, 0) is 30.5 Å². The van der Waals surface area contributed by atoms with Gasteiger partial charge in [-0.25, -0.2) is 0 Å². The molecule has 108 valence electrons. The van der Waals surface area contributed by atoms with Crippen LogP contribution in [0.2, 0.25) is 0 Å². The molecule has 0 amide bonds. The number of carbonyl (C=O) groups is 1. The lowest BCUT2D eigenvalue weighted by Gasteiger charge is -2.09. The number of hydrogen-bond acceptors (Lipinski definition) is 2. The van der Waals surface area contributed by atoms with E-state index >= 15 is 0 Å². The van der Waals surface area contributed by atoms with Crippen molar-refractivity contribution in [2.75, 3.05) is 6.61 Å². The lowest BCUT2D eigenvalue weighted by molar-refractivity contribution is -0.141. The quantitative estimate of drug-likeness (QED) is 0.596. The van der Waals surface area contributed by atoms with Crippen LogP contribution < -0.4 is 0 Å². The molecule has 2 nitrogen and oxygen atoms in total. The summed E-state index contributed by atoms with van der Waals surface area (Å²) in [6.07, 6.45) is 2.33. The maximum atomic E-state index is 11.8. The Bertz CT molecular complexity index is 610. The minimum absolute atomic E-state index is 0.194. The Morgan fingerprint density at radius 3 is 2.33 bits per heavy atom. The van der Waals surface area contributed by atoms with Gasteiger partial charge in [-0.3, -0.25) is 4.79 Å². The number of benzene rings is 2. The molecule has 0 aromatic heterocycles. The smallest absolute Gasteiger partial charge is 0.310 e. The highest BCUT2D eigenvalue weighted by Crippen LogP contribution is 2.22. The molecule has 2 heteroatoms. The zero-order chi connectivity index (χ0) is 15.1. The summed E-state index contributed by atoms with van der Waals surface area (Å²) in [7, 11) is 0. The monoisotopic (exact) mass is 280 g/mol. The first kappa shape index (κ1) is 15.0. The second-order valence-electron chi connectivity index (χ2n) is 4.93. The van der Waals surface area contributed by atoms with E-state index in [2.05, 4.69) is 19.1 Å². The Labute approximate surface area is 126 Å². The van der Waals surface area contributed by atoms with Crippen molar-refractivity contribution in [1.29, 1.82) is 0 Å². The molecular weight excluding hydrogens is 260 g/mol. The molecule has 0 atom stereocenters. The van der Waals surface area contributed by atoms with Gasteiger partial charge < -0.3 is 4.74 Å². The van der Waals surface area contributed by atoms with Gasteiger partial charge in [0.25, 0.3) is 0 Å². The first-order valence-electron chi connectivity index (χ1n) is 7.17. The van der Waals surface area contributed by atoms with E-state index in [-0.39, 0.29) is 12.4 Å². The van der Waals surface area contributed by atoms with Gasteiger partial charge in [-0.15, -0.1) is 0 Å². The summed E-state index contributed by atoms with van der Waals surface area (Å²) in [5, 5.41) is 0. The van der Waals surface area contributed by atoms with Crippen molar-refractivity contribution in [2.24, 2.45) is 0 Å². The van der Waals surface area contributed by atoms with Crippen LogP contribution in [0.15, 0.2) is 54.6 Å². The zero-order valence-corrected chi connectivity index (χ0v) is 12.5. The van der Waals surface area contributed by atoms with E-state index in [1.165, 1.54) is 5.56 Å². The molecule has 2 aromatic carbocycles. The molecule has 0 fully saturated rings. The number of aryl methyl sites for hydroxylation is 1. The van der Waals surface area contributed by atoms with Gasteiger partial charge in [0.15, 0.2) is 0 Å². The summed E-state index contributed by atoms with van der Waals surface area (Å²) < 4.78 is 5.08. The summed E-state index contributed by atoms with van der Waals surface area (Å²) in [5.74, 6) is -0.194. The highest BCUT2D eigenvalue weighted by molar-refractivity contribution is 5.92. The van der Waals surface area contributed by atoms with Crippen LogP contribution in [-0.2, 0) is 9.53 Å². The summed E-state index contributed by atoms with van der Waals surface area (Å²) in [6, 6.07) is 18.2. The fourth-order valence-electron chi connectivity index (χ4n) is 2.12. The van der Waals surface area contributed by atoms with Crippen LogP contribution in [0.4, 0.5) is 0 Å². The topological polar surface area (TPSA) is 26.3 Å². The van der Waals surface area contributed by atoms with Gasteiger partial charge in [0.1, 0.15) is 0 Å². The molecule has 0 bridgehead atoms. The van der Waals surface area contributed by atoms with Crippen molar-refractivity contribution in [3.8, 4) is 0 Å². The van der Waals surface area contributed by atoms with E-state index in [1.807, 2.05) is 55.5 Å². The van der Waals surface area contributed by atoms with Crippen molar-refractivity contribution < 1.29 is 9.53 Å². The first-order chi connectivity index (χ1) is 10.2. The molecule has 0 saturated carbocycles. The molecule has 2 rings (SSSR count). The van der Waals surface area contributed by atoms with E-state index in [0.717, 1.165) is 16.7 Å². The van der Waals surface area contributed by atoms with Gasteiger partial charge in [0.2, 0.25) is 0 Å². The average Bonchev–Trinajstić information content (AvgIpc) is 2.49. The van der Waals surface area contributed by atoms with E-state index in [0.29, 0.717) is 6.61 Å². The second-order valence-corrected chi connectivity index (χ2v) is 4.93. The normalized spacial score (nSPS) is 11.2. The third-order valence-corrected chi connectivity index (χ3v) is 3.20. The highest BCUT2D eigenvalue weighted by atomic mass is 16.5. The Morgan fingerprint density at radius 1 is 1.05 bits per heavy atom. The largest absolute Gasteiger partial charge is 0.466 e. The van der Waals surface area contributed by atoms with Crippen LogP contribution in [0, 0.1) is 6.92 Å². The van der Waals surface area contributed by atoms with E-state index in [9.17, 15) is 4.79 Å². The molecule has 0 spiro atoms. The maximum absolute atomic E-state index is 11.8. The number of ether oxygens (including phenoxy) is 1. The van der Waals surface area contributed by atoms with Gasteiger partial charge in [0.05, 0.1) is 13.0 Å². The standard InChI is InChI=1S/C19H20O2/c1-3-21-19(20)14-18(13-16-7-5-4-6-8-16)17-11-9-15(2)10-12-17/h4-13H,3,14H2,1-2H3/b18-13+. The third kappa shape index (κ3) is 4.60. The maximum Gasteiger partial charge on any atom is 0.310 e. The molecule has 0 heterocycles. The Morgan fingerprint density at radius 2 is 1.71 bits per heavy atom. The van der Waals surface area contributed by atoms with Gasteiger partial charge in [-0.1, -0.05) is 66.2 Å². The molecular formula is C19H20O2. The Balaban J connectivity index is 2.32. The van der Waals surface area contributed by atoms with Gasteiger partial charge in [-0.2, -0.15) is 0 Å². The van der Waals surface area contributed by atoms with Gasteiger partial charge in [0, 0.05) is 0 Å². The van der Waals surface area contributed by atoms with Crippen LogP contribution in [0.25, 0.3) is 11.6 Å². The number of esters is 1. The fraction of sp³-hybridized carbons (Fsp3) is 0.211. The van der Waals surface area contributed by atoms with E-state index < -0.39 is 0 Å². The molecule has 0 aliphatic carbocycles. The molecule has 21 heavy (non-hydrogen) atoms. The van der Waals surface area contributed by atoms with Crippen molar-refractivity contribution >= 4 is 17.6 Å². The third-order valence-electron chi connectivity index (χ3n) is 3.20. The van der Waals surface area contributed by atoms with Crippen molar-refractivity contribution in [2.45, 2.75) is 20.3 Å². The van der Waals surface area contributed by atoms with Gasteiger partial charge >= 0.3 is 5.97 Å². The minimum atomic E-state index is -0.194. The number of hydrogen-bond donors (Lipinski definition) is 0. The minimum Gasteiger partial charge on any atom is -0.466 e. The van der Waals surface area contributed by atoms with E-state index in [1.54, 1.807) is 0 Å². The van der Waals surface area contributed by atoms with E-state index in [4.69, 9.17) is 4.74 Å². The summed E-state index contributed by atoms with van der Waals surface area (Å²) in [6.45, 7) is 4.28. The summed E-state index contributed by atoms with van der Waals surface area (Å²) in [4.78, 5) is 11.8. The SMILES string of the molecule is CCOC(=O)C/C(=C\c1ccccc1)c1ccc(C)cc1. The fourth-order valence-corrected chi connectivity index (χ4v) is 2.12. The van der Waals surface area contributed by atoms with Crippen molar-refractivity contribution in [3.63, 3.8) is 0 Å². The summed E-state index contributed by atoms with van der Waals surface area (Å²) in [5.41, 5.74) is 4.31. The van der Waals surface area contributed by atoms with Crippen molar-refractivity contribution in [1.82, 2.24) is 0 Å². The van der Waals surface area contributed by atoms with Crippen LogP contribution in [0.1, 0.15) is 30.0 Å². The Hall–Kier alpha value is -2.35. The van der Waals surface area contributed by atoms with Crippen LogP contribution in [0.5, 0.6) is 0 Å². The van der Waals surface area contributed by atoms with Crippen LogP contribution >= 0.6 is 0 Å². The molecule has 0 aliphatic rings. The zero-order valence-electron chi connectivity index (χ0n) is 12.5. The molecule has 0 unspecified atom stereocenters. The van der Waals surface area contributed by atoms with Crippen molar-refractivity contribution in [3.05, 3.63) is 71.3 Å². The average molecular weight is 280 g/mol. The Kier molecular flexibility index (Phi) is 5.33. The first-order valence-corrected chi connectivity index (χ1v) is 7.17. The highest BCUT2D eigenvalue weighted by Gasteiger charge is 2.09. The molecule has 0 saturated heterocycles. The predicted octanol–water partition coefficient (Wildman–Crippen LogP) is 4.49. The molecule has 0 N–H and O–H groups in total. The molecule has 0 radical (unpaired) electrons. The van der Waals surface area contributed by atoms with Crippen LogP contribution in [-0.4, -0.2) is 12.6 Å². The number of carbonyl (C=O) groups excluding carboxylic acids is 1. The lowest BCUT2D eigenvalue weighted by atomic mass is 9.99. The predicted molar refractivity (Wildman–Crippen MR) is 86.7 cm³/mol. The lowest BCUT2D eigenvalue weighted by Crippen LogP contribution is -2.04. The number of rotatable bonds is 5. The summed E-state index contributed by atoms with van der Waals surface area (Å²) >= 11 is 0. The second kappa shape index (κ2) is 7.44. The van der Waals surface area contributed by atoms with Crippen LogP contribution in [0.3, 0.4) is 0 Å².